The van der Waals surface area contributed by atoms with Crippen LogP contribution < -0.4 is 0 Å². The van der Waals surface area contributed by atoms with Crippen molar-refractivity contribution in [1.29, 1.82) is 0 Å². The summed E-state index contributed by atoms with van der Waals surface area (Å²) in [5.41, 5.74) is 0. The van der Waals surface area contributed by atoms with Crippen LogP contribution in [0.15, 0.2) is 0 Å². The Labute approximate surface area is 91.6 Å². The number of rotatable bonds is 6. The molecule has 0 saturated heterocycles. The van der Waals surface area contributed by atoms with Crippen molar-refractivity contribution < 1.29 is 4.79 Å². The minimum atomic E-state index is -0.508. The molecule has 0 aromatic heterocycles. The van der Waals surface area contributed by atoms with Crippen LogP contribution in [-0.4, -0.2) is 9.02 Å². The lowest BCUT2D eigenvalue weighted by Crippen LogP contribution is -2.19. The zero-order chi connectivity index (χ0) is 9.61. The second kappa shape index (κ2) is 6.14. The largest absolute Gasteiger partial charge is 0.297 e. The zero-order valence-corrected chi connectivity index (χ0v) is 10.9. The Bertz CT molecular complexity index is 138. The molecular formula is C9H16Br2O. The average Bonchev–Trinajstić information content (AvgIpc) is 1.96. The van der Waals surface area contributed by atoms with Crippen LogP contribution in [0, 0.1) is 0 Å². The van der Waals surface area contributed by atoms with Crippen LogP contribution in [-0.2, 0) is 4.79 Å². The van der Waals surface area contributed by atoms with Gasteiger partial charge in [0.05, 0.1) is 0 Å². The molecule has 0 bridgehead atoms. The molecule has 0 saturated carbocycles. The number of unbranched alkanes of at least 4 members (excludes halogenated alkanes) is 3. The molecule has 12 heavy (non-hydrogen) atoms. The van der Waals surface area contributed by atoms with E-state index < -0.39 is 3.23 Å². The van der Waals surface area contributed by atoms with E-state index in [4.69, 9.17) is 0 Å². The summed E-state index contributed by atoms with van der Waals surface area (Å²) in [6, 6.07) is 0. The van der Waals surface area contributed by atoms with Crippen molar-refractivity contribution >= 4 is 37.6 Å². The van der Waals surface area contributed by atoms with Gasteiger partial charge in [-0.25, -0.2) is 0 Å². The highest BCUT2D eigenvalue weighted by atomic mass is 79.9. The van der Waals surface area contributed by atoms with E-state index in [1.54, 1.807) is 0 Å². The topological polar surface area (TPSA) is 17.1 Å². The van der Waals surface area contributed by atoms with E-state index in [0.717, 1.165) is 6.42 Å². The number of hydrogen-bond donors (Lipinski definition) is 0. The van der Waals surface area contributed by atoms with Crippen LogP contribution in [0.25, 0.3) is 0 Å². The molecule has 72 valence electrons. The number of Topliss-reactive ketones (excluding diaryl/α,β-unsaturated/α-hetero) is 1. The molecule has 0 aromatic rings. The van der Waals surface area contributed by atoms with Gasteiger partial charge in [-0.3, -0.25) is 4.79 Å². The fourth-order valence-corrected chi connectivity index (χ4v) is 1.33. The predicted octanol–water partition coefficient (Wildman–Crippen LogP) is 4.03. The Morgan fingerprint density at radius 2 is 1.83 bits per heavy atom. The van der Waals surface area contributed by atoms with Crippen molar-refractivity contribution in [2.24, 2.45) is 0 Å². The van der Waals surface area contributed by atoms with Crippen LogP contribution in [0.1, 0.15) is 46.0 Å². The molecule has 0 aromatic carbocycles. The van der Waals surface area contributed by atoms with Gasteiger partial charge in [0.2, 0.25) is 0 Å². The highest BCUT2D eigenvalue weighted by Gasteiger charge is 2.24. The van der Waals surface area contributed by atoms with Crippen molar-refractivity contribution in [3.8, 4) is 0 Å². The summed E-state index contributed by atoms with van der Waals surface area (Å²) in [6.45, 7) is 4.00. The first kappa shape index (κ1) is 12.6. The molecule has 0 aliphatic carbocycles. The monoisotopic (exact) mass is 298 g/mol. The van der Waals surface area contributed by atoms with Crippen LogP contribution >= 0.6 is 31.9 Å². The predicted molar refractivity (Wildman–Crippen MR) is 60.0 cm³/mol. The fraction of sp³-hybridized carbons (Fsp3) is 0.889. The molecule has 3 heteroatoms. The van der Waals surface area contributed by atoms with E-state index in [9.17, 15) is 4.79 Å². The second-order valence-electron chi connectivity index (χ2n) is 3.12. The molecule has 0 heterocycles. The van der Waals surface area contributed by atoms with Crippen molar-refractivity contribution in [3.63, 3.8) is 0 Å². The summed E-state index contributed by atoms with van der Waals surface area (Å²) >= 11 is 6.56. The normalized spacial score (nSPS) is 11.7. The second-order valence-corrected chi connectivity index (χ2v) is 7.36. The summed E-state index contributed by atoms with van der Waals surface area (Å²) in [5, 5.41) is 0. The molecule has 0 N–H and O–H groups in total. The lowest BCUT2D eigenvalue weighted by Gasteiger charge is -2.11. The number of carbonyl (C=O) groups excluding carboxylic acids is 1. The molecule has 0 aliphatic heterocycles. The van der Waals surface area contributed by atoms with Gasteiger partial charge in [0, 0.05) is 6.42 Å². The van der Waals surface area contributed by atoms with Crippen LogP contribution in [0.4, 0.5) is 0 Å². The first-order chi connectivity index (χ1) is 5.48. The maximum Gasteiger partial charge on any atom is 0.159 e. The number of hydrogen-bond acceptors (Lipinski definition) is 1. The molecule has 0 spiro atoms. The van der Waals surface area contributed by atoms with Gasteiger partial charge in [0.1, 0.15) is 3.23 Å². The molecule has 0 amide bonds. The van der Waals surface area contributed by atoms with Gasteiger partial charge < -0.3 is 0 Å². The third-order valence-corrected chi connectivity index (χ3v) is 2.63. The maximum absolute atomic E-state index is 11.3. The molecule has 0 aliphatic rings. The molecule has 0 rings (SSSR count). The van der Waals surface area contributed by atoms with Gasteiger partial charge in [-0.1, -0.05) is 58.0 Å². The molecule has 0 radical (unpaired) electrons. The highest BCUT2D eigenvalue weighted by Crippen LogP contribution is 2.28. The summed E-state index contributed by atoms with van der Waals surface area (Å²) in [5.74, 6) is 0.235. The van der Waals surface area contributed by atoms with Crippen molar-refractivity contribution in [2.75, 3.05) is 0 Å². The number of halogens is 2. The summed E-state index contributed by atoms with van der Waals surface area (Å²) < 4.78 is -0.508. The zero-order valence-electron chi connectivity index (χ0n) is 7.70. The van der Waals surface area contributed by atoms with E-state index in [-0.39, 0.29) is 5.78 Å². The van der Waals surface area contributed by atoms with Crippen LogP contribution in [0.3, 0.4) is 0 Å². The van der Waals surface area contributed by atoms with Gasteiger partial charge in [-0.05, 0) is 13.3 Å². The van der Waals surface area contributed by atoms with Crippen molar-refractivity contribution in [2.45, 2.75) is 49.2 Å². The average molecular weight is 300 g/mol. The summed E-state index contributed by atoms with van der Waals surface area (Å²) in [7, 11) is 0. The van der Waals surface area contributed by atoms with Gasteiger partial charge in [-0.15, -0.1) is 0 Å². The van der Waals surface area contributed by atoms with Crippen LogP contribution in [0.5, 0.6) is 0 Å². The molecule has 1 nitrogen and oxygen atoms in total. The van der Waals surface area contributed by atoms with Crippen molar-refractivity contribution in [3.05, 3.63) is 0 Å². The quantitative estimate of drug-likeness (QED) is 0.534. The van der Waals surface area contributed by atoms with E-state index in [2.05, 4.69) is 38.8 Å². The van der Waals surface area contributed by atoms with Gasteiger partial charge in [0.25, 0.3) is 0 Å². The third-order valence-electron chi connectivity index (χ3n) is 1.75. The minimum Gasteiger partial charge on any atom is -0.297 e. The Hall–Kier alpha value is 0.630. The molecular weight excluding hydrogens is 284 g/mol. The van der Waals surface area contributed by atoms with E-state index in [1.807, 2.05) is 6.92 Å². The number of ketones is 1. The first-order valence-electron chi connectivity index (χ1n) is 4.39. The molecule has 0 atom stereocenters. The van der Waals surface area contributed by atoms with E-state index in [1.165, 1.54) is 19.3 Å². The lowest BCUT2D eigenvalue weighted by molar-refractivity contribution is -0.118. The summed E-state index contributed by atoms with van der Waals surface area (Å²) in [4.78, 5) is 11.3. The Balaban J connectivity index is 3.45. The molecule has 0 unspecified atom stereocenters. The Morgan fingerprint density at radius 1 is 1.25 bits per heavy atom. The van der Waals surface area contributed by atoms with E-state index >= 15 is 0 Å². The standard InChI is InChI=1S/C9H16Br2O/c1-3-4-5-6-7-8(12)9(2,10)11/h3-7H2,1-2H3. The van der Waals surface area contributed by atoms with Gasteiger partial charge in [-0.2, -0.15) is 0 Å². The third kappa shape index (κ3) is 6.18. The Kier molecular flexibility index (Phi) is 6.46. The Morgan fingerprint density at radius 3 is 2.25 bits per heavy atom. The lowest BCUT2D eigenvalue weighted by atomic mass is 10.1. The first-order valence-corrected chi connectivity index (χ1v) is 5.98. The van der Waals surface area contributed by atoms with Crippen LogP contribution in [0.2, 0.25) is 0 Å². The van der Waals surface area contributed by atoms with Crippen molar-refractivity contribution in [1.82, 2.24) is 0 Å². The molecule has 0 fully saturated rings. The maximum atomic E-state index is 11.3. The SMILES string of the molecule is CCCCCCC(=O)C(C)(Br)Br. The smallest absolute Gasteiger partial charge is 0.159 e. The van der Waals surface area contributed by atoms with E-state index in [0.29, 0.717) is 6.42 Å². The number of alkyl halides is 2. The van der Waals surface area contributed by atoms with Gasteiger partial charge in [0.15, 0.2) is 5.78 Å². The minimum absolute atomic E-state index is 0.235. The van der Waals surface area contributed by atoms with Gasteiger partial charge >= 0.3 is 0 Å². The summed E-state index contributed by atoms with van der Waals surface area (Å²) in [6.07, 6.45) is 5.30. The number of carbonyl (C=O) groups is 1. The fourth-order valence-electron chi connectivity index (χ4n) is 0.932. The highest BCUT2D eigenvalue weighted by molar-refractivity contribution is 9.25.